The number of hydrogen-bond acceptors (Lipinski definition) is 4. The van der Waals surface area contributed by atoms with Crippen LogP contribution in [0.4, 0.5) is 4.39 Å². The average Bonchev–Trinajstić information content (AvgIpc) is 2.78. The number of amides is 1. The first kappa shape index (κ1) is 21.9. The molecule has 3 aromatic carbocycles. The summed E-state index contributed by atoms with van der Waals surface area (Å²) in [6.45, 7) is 3.41. The number of carbonyl (C=O) groups excluding carboxylic acids is 3. The molecular formula is C25H22FNO4. The van der Waals surface area contributed by atoms with E-state index in [0.717, 1.165) is 11.1 Å². The van der Waals surface area contributed by atoms with E-state index in [-0.39, 0.29) is 29.3 Å². The van der Waals surface area contributed by atoms with Crippen LogP contribution in [0.2, 0.25) is 0 Å². The Morgan fingerprint density at radius 1 is 0.871 bits per heavy atom. The summed E-state index contributed by atoms with van der Waals surface area (Å²) in [5, 5.41) is 2.60. The Morgan fingerprint density at radius 2 is 1.55 bits per heavy atom. The number of rotatable bonds is 7. The third-order valence-electron chi connectivity index (χ3n) is 4.77. The van der Waals surface area contributed by atoms with Crippen LogP contribution in [0.15, 0.2) is 66.7 Å². The minimum absolute atomic E-state index is 0.0970. The molecule has 0 bridgehead atoms. The van der Waals surface area contributed by atoms with Gasteiger partial charge in [-0.3, -0.25) is 9.59 Å². The molecule has 0 aliphatic carbocycles. The molecule has 0 unspecified atom stereocenters. The van der Waals surface area contributed by atoms with Gasteiger partial charge in [-0.05, 0) is 49.2 Å². The van der Waals surface area contributed by atoms with E-state index in [9.17, 15) is 18.8 Å². The first-order valence-corrected chi connectivity index (χ1v) is 9.74. The first-order valence-electron chi connectivity index (χ1n) is 9.74. The predicted molar refractivity (Wildman–Crippen MR) is 114 cm³/mol. The molecule has 6 heteroatoms. The number of aryl methyl sites for hydroxylation is 2. The average molecular weight is 419 g/mol. The van der Waals surface area contributed by atoms with Crippen molar-refractivity contribution in [1.82, 2.24) is 5.32 Å². The van der Waals surface area contributed by atoms with Gasteiger partial charge >= 0.3 is 5.97 Å². The van der Waals surface area contributed by atoms with E-state index in [0.29, 0.717) is 11.1 Å². The van der Waals surface area contributed by atoms with E-state index in [4.69, 9.17) is 4.74 Å². The molecule has 0 fully saturated rings. The second kappa shape index (κ2) is 9.80. The molecule has 0 radical (unpaired) electrons. The van der Waals surface area contributed by atoms with Crippen molar-refractivity contribution in [3.05, 3.63) is 106 Å². The normalized spacial score (nSPS) is 10.4. The van der Waals surface area contributed by atoms with Gasteiger partial charge in [0.2, 0.25) is 0 Å². The zero-order chi connectivity index (χ0) is 22.4. The van der Waals surface area contributed by atoms with Crippen LogP contribution in [0, 0.1) is 19.7 Å². The van der Waals surface area contributed by atoms with Gasteiger partial charge in [0.05, 0.1) is 5.56 Å². The first-order chi connectivity index (χ1) is 14.8. The number of ether oxygens (including phenoxy) is 1. The lowest BCUT2D eigenvalue weighted by atomic mass is 9.94. The van der Waals surface area contributed by atoms with Crippen molar-refractivity contribution < 1.29 is 23.5 Å². The molecule has 31 heavy (non-hydrogen) atoms. The van der Waals surface area contributed by atoms with Gasteiger partial charge in [0, 0.05) is 17.7 Å². The molecule has 3 aromatic rings. The number of benzene rings is 3. The van der Waals surface area contributed by atoms with Crippen molar-refractivity contribution in [1.29, 1.82) is 0 Å². The highest BCUT2D eigenvalue weighted by molar-refractivity contribution is 6.15. The molecule has 5 nitrogen and oxygen atoms in total. The SMILES string of the molecule is Cc1ccc(C)c(C(=O)c2ccccc2C(=O)OCC(=O)NCc2ccc(F)cc2)c1. The Kier molecular flexibility index (Phi) is 6.92. The van der Waals surface area contributed by atoms with E-state index < -0.39 is 18.5 Å². The standard InChI is InChI=1S/C25H22FNO4/c1-16-7-8-17(2)22(13-16)24(29)20-5-3-4-6-21(20)25(30)31-15-23(28)27-14-18-9-11-19(26)12-10-18/h3-13H,14-15H2,1-2H3,(H,27,28). The van der Waals surface area contributed by atoms with Gasteiger partial charge < -0.3 is 10.1 Å². The van der Waals surface area contributed by atoms with Crippen molar-refractivity contribution in [3.63, 3.8) is 0 Å². The van der Waals surface area contributed by atoms with Crippen LogP contribution in [-0.2, 0) is 16.1 Å². The molecule has 0 aromatic heterocycles. The van der Waals surface area contributed by atoms with E-state index in [1.807, 2.05) is 26.0 Å². The fourth-order valence-corrected chi connectivity index (χ4v) is 3.05. The van der Waals surface area contributed by atoms with Crippen LogP contribution in [0.25, 0.3) is 0 Å². The lowest BCUT2D eigenvalue weighted by Crippen LogP contribution is -2.28. The van der Waals surface area contributed by atoms with Crippen molar-refractivity contribution in [2.24, 2.45) is 0 Å². The van der Waals surface area contributed by atoms with Crippen LogP contribution >= 0.6 is 0 Å². The van der Waals surface area contributed by atoms with Crippen LogP contribution in [0.3, 0.4) is 0 Å². The third kappa shape index (κ3) is 5.63. The smallest absolute Gasteiger partial charge is 0.339 e. The van der Waals surface area contributed by atoms with Crippen LogP contribution in [0.5, 0.6) is 0 Å². The summed E-state index contributed by atoms with van der Waals surface area (Å²) in [6.07, 6.45) is 0. The lowest BCUT2D eigenvalue weighted by molar-refractivity contribution is -0.124. The van der Waals surface area contributed by atoms with Gasteiger partial charge in [0.25, 0.3) is 5.91 Å². The van der Waals surface area contributed by atoms with E-state index in [1.165, 1.54) is 18.2 Å². The number of nitrogens with one attached hydrogen (secondary N) is 1. The van der Waals surface area contributed by atoms with Gasteiger partial charge in [-0.1, -0.05) is 48.0 Å². The van der Waals surface area contributed by atoms with Crippen molar-refractivity contribution in [3.8, 4) is 0 Å². The molecule has 0 aliphatic heterocycles. The Labute approximate surface area is 179 Å². The van der Waals surface area contributed by atoms with Crippen molar-refractivity contribution in [2.45, 2.75) is 20.4 Å². The molecule has 1 N–H and O–H groups in total. The van der Waals surface area contributed by atoms with Crippen molar-refractivity contribution in [2.75, 3.05) is 6.61 Å². The van der Waals surface area contributed by atoms with Gasteiger partial charge in [0.15, 0.2) is 12.4 Å². The molecule has 0 aliphatic rings. The van der Waals surface area contributed by atoms with Gasteiger partial charge in [-0.15, -0.1) is 0 Å². The summed E-state index contributed by atoms with van der Waals surface area (Å²) < 4.78 is 18.0. The minimum atomic E-state index is -0.758. The highest BCUT2D eigenvalue weighted by Gasteiger charge is 2.21. The molecule has 0 spiro atoms. The third-order valence-corrected chi connectivity index (χ3v) is 4.77. The van der Waals surface area contributed by atoms with Gasteiger partial charge in [-0.25, -0.2) is 9.18 Å². The number of esters is 1. The number of halogens is 1. The molecule has 0 saturated carbocycles. The summed E-state index contributed by atoms with van der Waals surface area (Å²) in [6, 6.07) is 17.6. The molecule has 0 heterocycles. The number of carbonyl (C=O) groups is 3. The topological polar surface area (TPSA) is 72.5 Å². The van der Waals surface area contributed by atoms with E-state index >= 15 is 0 Å². The van der Waals surface area contributed by atoms with Gasteiger partial charge in [0.1, 0.15) is 5.82 Å². The fourth-order valence-electron chi connectivity index (χ4n) is 3.05. The van der Waals surface area contributed by atoms with E-state index in [1.54, 1.807) is 36.4 Å². The maximum Gasteiger partial charge on any atom is 0.339 e. The Hall–Kier alpha value is -3.80. The minimum Gasteiger partial charge on any atom is -0.452 e. The summed E-state index contributed by atoms with van der Waals surface area (Å²) >= 11 is 0. The molecule has 158 valence electrons. The molecule has 0 atom stereocenters. The number of ketones is 1. The second-order valence-corrected chi connectivity index (χ2v) is 7.17. The Bertz CT molecular complexity index is 1120. The van der Waals surface area contributed by atoms with Gasteiger partial charge in [-0.2, -0.15) is 0 Å². The number of hydrogen-bond donors (Lipinski definition) is 1. The molecule has 0 saturated heterocycles. The van der Waals surface area contributed by atoms with E-state index in [2.05, 4.69) is 5.32 Å². The van der Waals surface area contributed by atoms with Crippen LogP contribution < -0.4 is 5.32 Å². The monoisotopic (exact) mass is 419 g/mol. The van der Waals surface area contributed by atoms with Crippen LogP contribution in [-0.4, -0.2) is 24.3 Å². The lowest BCUT2D eigenvalue weighted by Gasteiger charge is -2.11. The molecule has 3 rings (SSSR count). The largest absolute Gasteiger partial charge is 0.452 e. The molecular weight excluding hydrogens is 397 g/mol. The predicted octanol–water partition coefficient (Wildman–Crippen LogP) is 4.15. The van der Waals surface area contributed by atoms with Crippen LogP contribution in [0.1, 0.15) is 43.0 Å². The molecule has 1 amide bonds. The van der Waals surface area contributed by atoms with Crippen molar-refractivity contribution >= 4 is 17.7 Å². The summed E-state index contributed by atoms with van der Waals surface area (Å²) in [5.74, 6) is -1.91. The second-order valence-electron chi connectivity index (χ2n) is 7.17. The summed E-state index contributed by atoms with van der Waals surface area (Å²) in [4.78, 5) is 37.6. The summed E-state index contributed by atoms with van der Waals surface area (Å²) in [7, 11) is 0. The zero-order valence-electron chi connectivity index (χ0n) is 17.3. The maximum absolute atomic E-state index is 13.1. The quantitative estimate of drug-likeness (QED) is 0.461. The Balaban J connectivity index is 1.65. The maximum atomic E-state index is 13.1. The Morgan fingerprint density at radius 3 is 2.26 bits per heavy atom. The fraction of sp³-hybridized carbons (Fsp3) is 0.160. The highest BCUT2D eigenvalue weighted by Crippen LogP contribution is 2.19. The highest BCUT2D eigenvalue weighted by atomic mass is 19.1. The zero-order valence-corrected chi connectivity index (χ0v) is 17.3. The summed E-state index contributed by atoms with van der Waals surface area (Å²) in [5.41, 5.74) is 3.28.